The quantitative estimate of drug-likeness (QED) is 0.733. The Kier molecular flexibility index (Phi) is 5.85. The highest BCUT2D eigenvalue weighted by molar-refractivity contribution is 5.11. The molecule has 2 aromatic rings. The van der Waals surface area contributed by atoms with E-state index in [-0.39, 0.29) is 0 Å². The van der Waals surface area contributed by atoms with Crippen molar-refractivity contribution in [2.45, 2.75) is 65.0 Å². The molecule has 0 saturated carbocycles. The molecule has 0 amide bonds. The van der Waals surface area contributed by atoms with Gasteiger partial charge in [-0.1, -0.05) is 0 Å². The fraction of sp³-hybridized carbons (Fsp3) is 0.737. The van der Waals surface area contributed by atoms with Crippen molar-refractivity contribution in [2.24, 2.45) is 0 Å². The third-order valence-corrected chi connectivity index (χ3v) is 5.51. The Morgan fingerprint density at radius 3 is 3.00 bits per heavy atom. The second-order valence-electron chi connectivity index (χ2n) is 7.78. The van der Waals surface area contributed by atoms with Crippen LogP contribution in [0.15, 0.2) is 12.4 Å². The molecule has 4 heterocycles. The van der Waals surface area contributed by atoms with E-state index in [9.17, 15) is 0 Å². The largest absolute Gasteiger partial charge is 0.377 e. The van der Waals surface area contributed by atoms with Gasteiger partial charge in [-0.25, -0.2) is 0 Å². The molecule has 0 radical (unpaired) electrons. The standard InChI is InChI=1S/C19H31N7O/c1-3-25-15-20-21-19(25)14-23(2)11-16-10-17-12-24(7-5-8-26(17)22-16)13-18-6-4-9-27-18/h10,15,18H,3-9,11-14H2,1-2H3/t18-/m0/s1. The van der Waals surface area contributed by atoms with Crippen LogP contribution in [0.4, 0.5) is 0 Å². The van der Waals surface area contributed by atoms with Gasteiger partial charge in [0.15, 0.2) is 0 Å². The Morgan fingerprint density at radius 2 is 2.19 bits per heavy atom. The summed E-state index contributed by atoms with van der Waals surface area (Å²) < 4.78 is 10.1. The summed E-state index contributed by atoms with van der Waals surface area (Å²) in [6.45, 7) is 9.70. The van der Waals surface area contributed by atoms with Crippen molar-refractivity contribution < 1.29 is 4.74 Å². The molecule has 2 aliphatic heterocycles. The van der Waals surface area contributed by atoms with Gasteiger partial charge >= 0.3 is 0 Å². The molecule has 27 heavy (non-hydrogen) atoms. The summed E-state index contributed by atoms with van der Waals surface area (Å²) >= 11 is 0. The summed E-state index contributed by atoms with van der Waals surface area (Å²) in [4.78, 5) is 4.79. The maximum absolute atomic E-state index is 5.83. The molecule has 148 valence electrons. The van der Waals surface area contributed by atoms with E-state index in [2.05, 4.69) is 49.3 Å². The Bertz CT molecular complexity index is 734. The zero-order valence-corrected chi connectivity index (χ0v) is 16.5. The van der Waals surface area contributed by atoms with E-state index >= 15 is 0 Å². The van der Waals surface area contributed by atoms with Gasteiger partial charge in [0.25, 0.3) is 0 Å². The molecule has 0 aliphatic carbocycles. The average molecular weight is 374 g/mol. The Labute approximate surface area is 161 Å². The van der Waals surface area contributed by atoms with Crippen molar-refractivity contribution in [1.82, 2.24) is 34.3 Å². The normalized spacial score (nSPS) is 20.9. The minimum absolute atomic E-state index is 0.418. The molecule has 0 aromatic carbocycles. The minimum Gasteiger partial charge on any atom is -0.377 e. The monoisotopic (exact) mass is 373 g/mol. The van der Waals surface area contributed by atoms with Crippen LogP contribution in [0.25, 0.3) is 0 Å². The first-order valence-corrected chi connectivity index (χ1v) is 10.2. The molecule has 1 saturated heterocycles. The number of nitrogens with zero attached hydrogens (tertiary/aromatic N) is 7. The molecule has 1 atom stereocenters. The predicted molar refractivity (Wildman–Crippen MR) is 102 cm³/mol. The SMILES string of the molecule is CCn1cnnc1CN(C)Cc1cc2n(n1)CCCN(C[C@@H]1CCCO1)C2. The third kappa shape index (κ3) is 4.56. The van der Waals surface area contributed by atoms with Crippen LogP contribution >= 0.6 is 0 Å². The van der Waals surface area contributed by atoms with Gasteiger partial charge in [-0.2, -0.15) is 5.10 Å². The van der Waals surface area contributed by atoms with Gasteiger partial charge in [-0.05, 0) is 39.3 Å². The van der Waals surface area contributed by atoms with Crippen molar-refractivity contribution >= 4 is 0 Å². The van der Waals surface area contributed by atoms with Gasteiger partial charge in [0.05, 0.1) is 24.0 Å². The number of hydrogen-bond donors (Lipinski definition) is 0. The highest BCUT2D eigenvalue weighted by atomic mass is 16.5. The molecule has 0 bridgehead atoms. The minimum atomic E-state index is 0.418. The first kappa shape index (κ1) is 18.6. The van der Waals surface area contributed by atoms with Crippen molar-refractivity contribution in [1.29, 1.82) is 0 Å². The summed E-state index contributed by atoms with van der Waals surface area (Å²) in [5.74, 6) is 1.00. The zero-order chi connectivity index (χ0) is 18.6. The van der Waals surface area contributed by atoms with Gasteiger partial charge in [-0.3, -0.25) is 14.5 Å². The van der Waals surface area contributed by atoms with Crippen LogP contribution in [0.1, 0.15) is 43.4 Å². The third-order valence-electron chi connectivity index (χ3n) is 5.51. The number of fused-ring (bicyclic) bond motifs is 1. The highest BCUT2D eigenvalue weighted by Gasteiger charge is 2.22. The highest BCUT2D eigenvalue weighted by Crippen LogP contribution is 2.19. The van der Waals surface area contributed by atoms with Crippen molar-refractivity contribution in [3.8, 4) is 0 Å². The van der Waals surface area contributed by atoms with E-state index in [1.165, 1.54) is 18.5 Å². The summed E-state index contributed by atoms with van der Waals surface area (Å²) in [5, 5.41) is 13.1. The summed E-state index contributed by atoms with van der Waals surface area (Å²) in [6.07, 6.45) is 5.77. The average Bonchev–Trinajstić information content (AvgIpc) is 3.36. The number of hydrogen-bond acceptors (Lipinski definition) is 6. The van der Waals surface area contributed by atoms with Crippen LogP contribution < -0.4 is 0 Å². The van der Waals surface area contributed by atoms with Gasteiger partial charge in [0, 0.05) is 45.9 Å². The molecular formula is C19H31N7O. The molecule has 0 unspecified atom stereocenters. The lowest BCUT2D eigenvalue weighted by Gasteiger charge is -2.22. The van der Waals surface area contributed by atoms with E-state index in [1.54, 1.807) is 6.33 Å². The summed E-state index contributed by atoms with van der Waals surface area (Å²) in [7, 11) is 2.11. The maximum Gasteiger partial charge on any atom is 0.146 e. The molecule has 2 aliphatic rings. The van der Waals surface area contributed by atoms with Crippen LogP contribution in [-0.4, -0.2) is 67.2 Å². The Morgan fingerprint density at radius 1 is 1.26 bits per heavy atom. The first-order chi connectivity index (χ1) is 13.2. The second kappa shape index (κ2) is 8.50. The van der Waals surface area contributed by atoms with Crippen molar-refractivity contribution in [3.05, 3.63) is 29.6 Å². The lowest BCUT2D eigenvalue weighted by molar-refractivity contribution is 0.0711. The van der Waals surface area contributed by atoms with Gasteiger partial charge in [-0.15, -0.1) is 10.2 Å². The molecule has 4 rings (SSSR count). The molecule has 8 heteroatoms. The van der Waals surface area contributed by atoms with Gasteiger partial charge < -0.3 is 9.30 Å². The van der Waals surface area contributed by atoms with Crippen LogP contribution in [0.5, 0.6) is 0 Å². The van der Waals surface area contributed by atoms with Gasteiger partial charge in [0.1, 0.15) is 12.2 Å². The lowest BCUT2D eigenvalue weighted by atomic mass is 10.2. The second-order valence-corrected chi connectivity index (χ2v) is 7.78. The van der Waals surface area contributed by atoms with Crippen LogP contribution in [0.2, 0.25) is 0 Å². The van der Waals surface area contributed by atoms with E-state index in [0.717, 1.165) is 70.4 Å². The van der Waals surface area contributed by atoms with E-state index in [1.807, 2.05) is 0 Å². The van der Waals surface area contributed by atoms with E-state index < -0.39 is 0 Å². The topological polar surface area (TPSA) is 64.2 Å². The van der Waals surface area contributed by atoms with Crippen LogP contribution in [0, 0.1) is 0 Å². The van der Waals surface area contributed by atoms with E-state index in [4.69, 9.17) is 9.84 Å². The Hall–Kier alpha value is -1.77. The molecular weight excluding hydrogens is 342 g/mol. The van der Waals surface area contributed by atoms with Gasteiger partial charge in [0.2, 0.25) is 0 Å². The Balaban J connectivity index is 1.36. The molecule has 0 spiro atoms. The lowest BCUT2D eigenvalue weighted by Crippen LogP contribution is -2.31. The van der Waals surface area contributed by atoms with Crippen LogP contribution in [-0.2, 0) is 37.5 Å². The number of aryl methyl sites for hydroxylation is 2. The first-order valence-electron chi connectivity index (χ1n) is 10.2. The predicted octanol–water partition coefficient (Wildman–Crippen LogP) is 1.51. The van der Waals surface area contributed by atoms with Crippen molar-refractivity contribution in [2.75, 3.05) is 26.7 Å². The smallest absolute Gasteiger partial charge is 0.146 e. The summed E-state index contributed by atoms with van der Waals surface area (Å²) in [6, 6.07) is 2.27. The van der Waals surface area contributed by atoms with Crippen LogP contribution in [0.3, 0.4) is 0 Å². The molecule has 1 fully saturated rings. The zero-order valence-electron chi connectivity index (χ0n) is 16.5. The number of aromatic nitrogens is 5. The fourth-order valence-corrected chi connectivity index (χ4v) is 4.14. The molecule has 8 nitrogen and oxygen atoms in total. The van der Waals surface area contributed by atoms with Crippen molar-refractivity contribution in [3.63, 3.8) is 0 Å². The maximum atomic E-state index is 5.83. The number of ether oxygens (including phenoxy) is 1. The fourth-order valence-electron chi connectivity index (χ4n) is 4.14. The number of rotatable bonds is 7. The summed E-state index contributed by atoms with van der Waals surface area (Å²) in [5.41, 5.74) is 2.46. The van der Waals surface area contributed by atoms with E-state index in [0.29, 0.717) is 6.10 Å². The molecule has 2 aromatic heterocycles. The molecule has 0 N–H and O–H groups in total.